The van der Waals surface area contributed by atoms with Crippen LogP contribution >= 0.6 is 11.6 Å². The quantitative estimate of drug-likeness (QED) is 0.790. The molecule has 15 heavy (non-hydrogen) atoms. The maximum absolute atomic E-state index is 11.7. The number of carbonyl (C=O) groups excluding carboxylic acids is 1. The van der Waals surface area contributed by atoms with Crippen LogP contribution in [0.15, 0.2) is 18.2 Å². The number of carbonyl (C=O) groups is 1. The van der Waals surface area contributed by atoms with Gasteiger partial charge in [-0.2, -0.15) is 0 Å². The Balaban J connectivity index is 2.38. The zero-order chi connectivity index (χ0) is 11.0. The van der Waals surface area contributed by atoms with Crippen molar-refractivity contribution in [1.29, 1.82) is 0 Å². The second kappa shape index (κ2) is 3.83. The van der Waals surface area contributed by atoms with Crippen LogP contribution < -0.4 is 10.6 Å². The average Bonchev–Trinajstić information content (AvgIpc) is 2.50. The van der Waals surface area contributed by atoms with Crippen molar-refractivity contribution in [3.63, 3.8) is 0 Å². The Kier molecular flexibility index (Phi) is 2.67. The molecule has 1 heterocycles. The van der Waals surface area contributed by atoms with E-state index in [1.54, 1.807) is 4.90 Å². The highest BCUT2D eigenvalue weighted by molar-refractivity contribution is 6.31. The Labute approximate surface area is 93.8 Å². The van der Waals surface area contributed by atoms with Crippen LogP contribution in [-0.4, -0.2) is 18.5 Å². The van der Waals surface area contributed by atoms with Crippen LogP contribution in [0.4, 0.5) is 5.69 Å². The maximum atomic E-state index is 11.7. The minimum atomic E-state index is -0.0594. The lowest BCUT2D eigenvalue weighted by atomic mass is 10.2. The van der Waals surface area contributed by atoms with E-state index in [2.05, 4.69) is 0 Å². The molecule has 4 heteroatoms. The normalized spacial score (nSPS) is 21.1. The first-order valence-corrected chi connectivity index (χ1v) is 5.28. The van der Waals surface area contributed by atoms with Crippen molar-refractivity contribution >= 4 is 23.2 Å². The van der Waals surface area contributed by atoms with Crippen LogP contribution in [0.1, 0.15) is 12.0 Å². The Morgan fingerprint density at radius 3 is 2.87 bits per heavy atom. The molecule has 0 aromatic heterocycles. The molecule has 1 fully saturated rings. The van der Waals surface area contributed by atoms with E-state index in [1.807, 2.05) is 25.1 Å². The summed E-state index contributed by atoms with van der Waals surface area (Å²) in [6.07, 6.45) is 0.423. The smallest absolute Gasteiger partial charge is 0.228 e. The SMILES string of the molecule is Cc1c(Cl)cccc1N1CC(N)CC1=O. The third-order valence-electron chi connectivity index (χ3n) is 2.68. The summed E-state index contributed by atoms with van der Waals surface area (Å²) in [5.74, 6) is 0.0767. The van der Waals surface area contributed by atoms with Gasteiger partial charge in [-0.3, -0.25) is 4.79 Å². The number of rotatable bonds is 1. The Morgan fingerprint density at radius 2 is 2.27 bits per heavy atom. The van der Waals surface area contributed by atoms with E-state index in [4.69, 9.17) is 17.3 Å². The molecule has 0 aliphatic carbocycles. The van der Waals surface area contributed by atoms with Gasteiger partial charge >= 0.3 is 0 Å². The van der Waals surface area contributed by atoms with Crippen molar-refractivity contribution in [3.05, 3.63) is 28.8 Å². The van der Waals surface area contributed by atoms with E-state index in [9.17, 15) is 4.79 Å². The Hall–Kier alpha value is -1.06. The first kappa shape index (κ1) is 10.5. The van der Waals surface area contributed by atoms with E-state index < -0.39 is 0 Å². The predicted molar refractivity (Wildman–Crippen MR) is 61.1 cm³/mol. The number of halogens is 1. The molecule has 1 aromatic rings. The molecule has 1 aromatic carbocycles. The summed E-state index contributed by atoms with van der Waals surface area (Å²) < 4.78 is 0. The molecule has 2 N–H and O–H groups in total. The fraction of sp³-hybridized carbons (Fsp3) is 0.364. The van der Waals surface area contributed by atoms with Crippen molar-refractivity contribution in [2.24, 2.45) is 5.73 Å². The molecular formula is C11H13ClN2O. The lowest BCUT2D eigenvalue weighted by Gasteiger charge is -2.19. The van der Waals surface area contributed by atoms with Gasteiger partial charge in [-0.25, -0.2) is 0 Å². The molecule has 2 rings (SSSR count). The lowest BCUT2D eigenvalue weighted by molar-refractivity contribution is -0.117. The zero-order valence-electron chi connectivity index (χ0n) is 8.53. The second-order valence-corrected chi connectivity index (χ2v) is 4.26. The summed E-state index contributed by atoms with van der Waals surface area (Å²) in [6, 6.07) is 5.51. The largest absolute Gasteiger partial charge is 0.326 e. The third kappa shape index (κ3) is 1.85. The molecule has 80 valence electrons. The first-order chi connectivity index (χ1) is 7.09. The maximum Gasteiger partial charge on any atom is 0.228 e. The summed E-state index contributed by atoms with van der Waals surface area (Å²) in [6.45, 7) is 2.49. The topological polar surface area (TPSA) is 46.3 Å². The number of amides is 1. The molecule has 1 aliphatic rings. The Bertz CT molecular complexity index is 406. The zero-order valence-corrected chi connectivity index (χ0v) is 9.29. The molecule has 0 bridgehead atoms. The van der Waals surface area contributed by atoms with Crippen molar-refractivity contribution in [3.8, 4) is 0 Å². The molecule has 1 unspecified atom stereocenters. The van der Waals surface area contributed by atoms with Gasteiger partial charge in [0.15, 0.2) is 0 Å². The molecule has 1 atom stereocenters. The number of anilines is 1. The van der Waals surface area contributed by atoms with Gasteiger partial charge in [0.05, 0.1) is 0 Å². The second-order valence-electron chi connectivity index (χ2n) is 3.85. The molecule has 0 radical (unpaired) electrons. The minimum absolute atomic E-state index is 0.0594. The molecular weight excluding hydrogens is 212 g/mol. The summed E-state index contributed by atoms with van der Waals surface area (Å²) in [7, 11) is 0. The fourth-order valence-corrected chi connectivity index (χ4v) is 2.03. The monoisotopic (exact) mass is 224 g/mol. The van der Waals surface area contributed by atoms with E-state index in [0.29, 0.717) is 18.0 Å². The number of nitrogens with zero attached hydrogens (tertiary/aromatic N) is 1. The van der Waals surface area contributed by atoms with Crippen molar-refractivity contribution in [2.75, 3.05) is 11.4 Å². The number of nitrogens with two attached hydrogens (primary N) is 1. The summed E-state index contributed by atoms with van der Waals surface area (Å²) in [4.78, 5) is 13.4. The van der Waals surface area contributed by atoms with Crippen molar-refractivity contribution < 1.29 is 4.79 Å². The lowest BCUT2D eigenvalue weighted by Crippen LogP contribution is -2.28. The summed E-state index contributed by atoms with van der Waals surface area (Å²) >= 11 is 6.01. The van der Waals surface area contributed by atoms with E-state index in [-0.39, 0.29) is 11.9 Å². The van der Waals surface area contributed by atoms with Crippen LogP contribution in [-0.2, 0) is 4.79 Å². The van der Waals surface area contributed by atoms with E-state index >= 15 is 0 Å². The van der Waals surface area contributed by atoms with E-state index in [1.165, 1.54) is 0 Å². The van der Waals surface area contributed by atoms with Crippen LogP contribution in [0.3, 0.4) is 0 Å². The number of hydrogen-bond donors (Lipinski definition) is 1. The molecule has 3 nitrogen and oxygen atoms in total. The molecule has 1 saturated heterocycles. The average molecular weight is 225 g/mol. The molecule has 0 spiro atoms. The molecule has 1 amide bonds. The van der Waals surface area contributed by atoms with Gasteiger partial charge in [-0.1, -0.05) is 17.7 Å². The van der Waals surface area contributed by atoms with Crippen LogP contribution in [0.25, 0.3) is 0 Å². The van der Waals surface area contributed by atoms with Gasteiger partial charge in [0.1, 0.15) is 0 Å². The van der Waals surface area contributed by atoms with Gasteiger partial charge in [0.25, 0.3) is 0 Å². The highest BCUT2D eigenvalue weighted by Gasteiger charge is 2.29. The predicted octanol–water partition coefficient (Wildman–Crippen LogP) is 1.71. The number of benzene rings is 1. The van der Waals surface area contributed by atoms with Gasteiger partial charge in [-0.15, -0.1) is 0 Å². The molecule has 0 saturated carbocycles. The standard InChI is InChI=1S/C11H13ClN2O/c1-7-9(12)3-2-4-10(7)14-6-8(13)5-11(14)15/h2-4,8H,5-6,13H2,1H3. The highest BCUT2D eigenvalue weighted by atomic mass is 35.5. The minimum Gasteiger partial charge on any atom is -0.326 e. The summed E-state index contributed by atoms with van der Waals surface area (Å²) in [5.41, 5.74) is 7.55. The fourth-order valence-electron chi connectivity index (χ4n) is 1.86. The Morgan fingerprint density at radius 1 is 1.53 bits per heavy atom. The number of hydrogen-bond acceptors (Lipinski definition) is 2. The van der Waals surface area contributed by atoms with Gasteiger partial charge < -0.3 is 10.6 Å². The highest BCUT2D eigenvalue weighted by Crippen LogP contribution is 2.29. The molecule has 1 aliphatic heterocycles. The summed E-state index contributed by atoms with van der Waals surface area (Å²) in [5, 5.41) is 0.681. The van der Waals surface area contributed by atoms with Crippen molar-refractivity contribution in [2.45, 2.75) is 19.4 Å². The van der Waals surface area contributed by atoms with Crippen molar-refractivity contribution in [1.82, 2.24) is 0 Å². The van der Waals surface area contributed by atoms with Crippen LogP contribution in [0, 0.1) is 6.92 Å². The first-order valence-electron chi connectivity index (χ1n) is 4.90. The van der Waals surface area contributed by atoms with Crippen LogP contribution in [0.2, 0.25) is 5.02 Å². The van der Waals surface area contributed by atoms with E-state index in [0.717, 1.165) is 11.3 Å². The van der Waals surface area contributed by atoms with Crippen LogP contribution in [0.5, 0.6) is 0 Å². The van der Waals surface area contributed by atoms with Gasteiger partial charge in [0, 0.05) is 29.7 Å². The third-order valence-corrected chi connectivity index (χ3v) is 3.09. The van der Waals surface area contributed by atoms with Gasteiger partial charge in [-0.05, 0) is 24.6 Å². The van der Waals surface area contributed by atoms with Gasteiger partial charge in [0.2, 0.25) is 5.91 Å².